The van der Waals surface area contributed by atoms with Crippen molar-refractivity contribution >= 4 is 56.3 Å². The summed E-state index contributed by atoms with van der Waals surface area (Å²) in [4.78, 5) is 59.2. The molecule has 4 heterocycles. The van der Waals surface area contributed by atoms with E-state index in [1.807, 2.05) is 9.13 Å². The number of rotatable bonds is 17. The van der Waals surface area contributed by atoms with E-state index in [4.69, 9.17) is 0 Å². The molecule has 0 aromatic carbocycles. The quantitative estimate of drug-likeness (QED) is 0.119. The van der Waals surface area contributed by atoms with Gasteiger partial charge in [0, 0.05) is 28.2 Å². The van der Waals surface area contributed by atoms with Crippen LogP contribution in [0.4, 0.5) is 0 Å². The lowest BCUT2D eigenvalue weighted by atomic mass is 10.1. The molecule has 0 unspecified atom stereocenters. The number of aryl methyl sites for hydroxylation is 2. The predicted molar refractivity (Wildman–Crippen MR) is 202 cm³/mol. The van der Waals surface area contributed by atoms with Gasteiger partial charge < -0.3 is 18.1 Å². The smallest absolute Gasteiger partial charge is 0.323 e. The summed E-state index contributed by atoms with van der Waals surface area (Å²) in [5.74, 6) is 0. The Labute approximate surface area is 302 Å². The van der Waals surface area contributed by atoms with Crippen LogP contribution in [-0.4, -0.2) is 98.7 Å². The number of imidazole rings is 2. The van der Waals surface area contributed by atoms with Crippen LogP contribution < -0.4 is 22.5 Å². The lowest BCUT2D eigenvalue weighted by Gasteiger charge is -2.38. The van der Waals surface area contributed by atoms with E-state index < -0.39 is 0 Å². The van der Waals surface area contributed by atoms with Crippen LogP contribution in [-0.2, 0) is 41.3 Å². The molecule has 0 aliphatic rings. The van der Waals surface area contributed by atoms with E-state index in [1.165, 1.54) is 36.1 Å². The number of hydrogen-bond donors (Lipinski definition) is 0. The minimum Gasteiger partial charge on any atom is -0.323 e. The second-order valence-electron chi connectivity index (χ2n) is 12.9. The van der Waals surface area contributed by atoms with Gasteiger partial charge in [0.05, 0.1) is 78.1 Å². The predicted octanol–water partition coefficient (Wildman–Crippen LogP) is 2.31. The van der Waals surface area contributed by atoms with Gasteiger partial charge in [0.25, 0.3) is 11.1 Å². The number of quaternary nitrogens is 2. The largest absolute Gasteiger partial charge is 0.332 e. The van der Waals surface area contributed by atoms with Gasteiger partial charge in [-0.3, -0.25) is 27.9 Å². The second kappa shape index (κ2) is 17.2. The Morgan fingerprint density at radius 2 is 0.854 bits per heavy atom. The Hall–Kier alpha value is -2.82. The number of fused-ring (bicyclic) bond motifs is 2. The van der Waals surface area contributed by atoms with Crippen molar-refractivity contribution in [1.29, 1.82) is 0 Å². The molecule has 0 fully saturated rings. The average molecular weight is 805 g/mol. The minimum atomic E-state index is -0.364. The first-order valence-corrected chi connectivity index (χ1v) is 16.8. The number of likely N-dealkylation sites (N-methyl/N-ethyl adjacent to an activating group) is 2. The third kappa shape index (κ3) is 7.97. The third-order valence-electron chi connectivity index (χ3n) is 10.8. The number of unbranched alkanes of at least 4 members (excludes halogenated alkanes) is 3. The fraction of sp³-hybridized carbons (Fsp3) is 0.688. The van der Waals surface area contributed by atoms with Gasteiger partial charge in [-0.15, -0.1) is 34.0 Å². The van der Waals surface area contributed by atoms with Crippen LogP contribution in [0.15, 0.2) is 31.8 Å². The molecule has 16 heteroatoms. The van der Waals surface area contributed by atoms with Crippen molar-refractivity contribution in [2.24, 2.45) is 28.2 Å². The van der Waals surface area contributed by atoms with E-state index in [0.717, 1.165) is 83.3 Å². The number of nitrogens with zero attached hydrogens (tertiary/aromatic N) is 10. The molecule has 0 saturated heterocycles. The van der Waals surface area contributed by atoms with Crippen LogP contribution in [0.2, 0.25) is 0 Å². The zero-order valence-electron chi connectivity index (χ0n) is 30.0. The highest BCUT2D eigenvalue weighted by atomic mass is 79.9. The van der Waals surface area contributed by atoms with E-state index in [1.54, 1.807) is 26.7 Å². The molecule has 14 nitrogen and oxygen atoms in total. The molecule has 48 heavy (non-hydrogen) atoms. The van der Waals surface area contributed by atoms with Crippen molar-refractivity contribution in [2.75, 3.05) is 52.4 Å². The molecule has 270 valence electrons. The van der Waals surface area contributed by atoms with Gasteiger partial charge in [0.1, 0.15) is 0 Å². The summed E-state index contributed by atoms with van der Waals surface area (Å²) in [7, 11) is 6.33. The number of hydrogen-bond acceptors (Lipinski definition) is 6. The van der Waals surface area contributed by atoms with Crippen LogP contribution in [0.5, 0.6) is 0 Å². The highest BCUT2D eigenvalue weighted by Crippen LogP contribution is 2.16. The van der Waals surface area contributed by atoms with Gasteiger partial charge in [-0.05, 0) is 53.4 Å². The number of halogens is 2. The van der Waals surface area contributed by atoms with E-state index in [0.29, 0.717) is 35.4 Å². The van der Waals surface area contributed by atoms with E-state index >= 15 is 0 Å². The van der Waals surface area contributed by atoms with Crippen LogP contribution >= 0.6 is 34.0 Å². The zero-order valence-corrected chi connectivity index (χ0v) is 33.4. The van der Waals surface area contributed by atoms with Crippen molar-refractivity contribution in [3.05, 3.63) is 54.3 Å². The molecule has 4 aromatic rings. The molecule has 4 rings (SSSR count). The van der Waals surface area contributed by atoms with Crippen molar-refractivity contribution in [3.63, 3.8) is 0 Å². The van der Waals surface area contributed by atoms with Gasteiger partial charge in [-0.1, -0.05) is 0 Å². The fourth-order valence-corrected chi connectivity index (χ4v) is 6.96. The van der Waals surface area contributed by atoms with Gasteiger partial charge in [0.15, 0.2) is 22.3 Å². The summed E-state index contributed by atoms with van der Waals surface area (Å²) in [5.41, 5.74) is 0.504. The van der Waals surface area contributed by atoms with Crippen molar-refractivity contribution in [1.82, 2.24) is 37.4 Å². The van der Waals surface area contributed by atoms with Crippen molar-refractivity contribution in [3.8, 4) is 0 Å². The molecule has 4 aromatic heterocycles. The first kappa shape index (κ1) is 41.4. The average Bonchev–Trinajstić information content (AvgIpc) is 3.70. The maximum absolute atomic E-state index is 12.9. The number of aromatic nitrogens is 8. The second-order valence-corrected chi connectivity index (χ2v) is 12.9. The monoisotopic (exact) mass is 802 g/mol. The standard InChI is InChI=1S/C32H54N10O4.2BrH/c1-9-41(10-2,21-17-39-23-33-27-25(39)29(43)37(7)31(45)35(27)5)19-15-13-14-16-20-42(11-3,12-4)22-18-40-24-34-28-26(40)30(44)38(8)32(46)36(28)6;;/h23-24H,9-22H2,1-8H3;2*1H/q+2;;. The molecule has 0 aliphatic carbocycles. The van der Waals surface area contributed by atoms with E-state index in [2.05, 4.69) is 37.7 Å². The Kier molecular flexibility index (Phi) is 14.8. The first-order chi connectivity index (χ1) is 21.9. The Balaban J connectivity index is 0.00000400. The van der Waals surface area contributed by atoms with Gasteiger partial charge in [-0.2, -0.15) is 0 Å². The van der Waals surface area contributed by atoms with Crippen LogP contribution in [0, 0.1) is 0 Å². The molecular formula is C32H56Br2N10O4+2. The van der Waals surface area contributed by atoms with E-state index in [-0.39, 0.29) is 56.5 Å². The van der Waals surface area contributed by atoms with Crippen LogP contribution in [0.25, 0.3) is 22.3 Å². The summed E-state index contributed by atoms with van der Waals surface area (Å²) >= 11 is 0. The van der Waals surface area contributed by atoms with E-state index in [9.17, 15) is 19.2 Å². The molecule has 0 bridgehead atoms. The Morgan fingerprint density at radius 1 is 0.521 bits per heavy atom. The van der Waals surface area contributed by atoms with Gasteiger partial charge in [-0.25, -0.2) is 19.6 Å². The molecule has 0 saturated carbocycles. The summed E-state index contributed by atoms with van der Waals surface area (Å²) < 4.78 is 10.9. The summed E-state index contributed by atoms with van der Waals surface area (Å²) in [5, 5.41) is 0. The summed E-state index contributed by atoms with van der Waals surface area (Å²) in [6.45, 7) is 18.4. The van der Waals surface area contributed by atoms with Gasteiger partial charge >= 0.3 is 11.4 Å². The lowest BCUT2D eigenvalue weighted by Crippen LogP contribution is -2.50. The molecule has 0 spiro atoms. The summed E-state index contributed by atoms with van der Waals surface area (Å²) in [6.07, 6.45) is 8.00. The van der Waals surface area contributed by atoms with Crippen LogP contribution in [0.1, 0.15) is 53.4 Å². The third-order valence-corrected chi connectivity index (χ3v) is 10.8. The Bertz CT molecular complexity index is 1770. The molecule has 0 amide bonds. The first-order valence-electron chi connectivity index (χ1n) is 16.8. The molecule has 0 N–H and O–H groups in total. The van der Waals surface area contributed by atoms with Gasteiger partial charge in [0.2, 0.25) is 0 Å². The molecule has 0 aliphatic heterocycles. The minimum absolute atomic E-state index is 0. The fourth-order valence-electron chi connectivity index (χ4n) is 6.96. The van der Waals surface area contributed by atoms with Crippen LogP contribution in [0.3, 0.4) is 0 Å². The maximum Gasteiger partial charge on any atom is 0.332 e. The Morgan fingerprint density at radius 3 is 1.17 bits per heavy atom. The SMILES string of the molecule is Br.Br.CC[N+](CC)(CCCCCC[N+](CC)(CC)CCn1cnc2c1c(=O)n(C)c(=O)n2C)CCn1cnc2c1c(=O)n(C)c(=O)n2C. The molecule has 0 atom stereocenters. The lowest BCUT2D eigenvalue weighted by molar-refractivity contribution is -0.926. The zero-order chi connectivity index (χ0) is 33.8. The maximum atomic E-state index is 12.9. The molecular weight excluding hydrogens is 748 g/mol. The highest BCUT2D eigenvalue weighted by molar-refractivity contribution is 8.93. The normalized spacial score (nSPS) is 12.1. The highest BCUT2D eigenvalue weighted by Gasteiger charge is 2.26. The van der Waals surface area contributed by atoms with Crippen molar-refractivity contribution in [2.45, 2.75) is 66.5 Å². The summed E-state index contributed by atoms with van der Waals surface area (Å²) in [6, 6.07) is 0. The molecule has 0 radical (unpaired) electrons. The topological polar surface area (TPSA) is 124 Å². The van der Waals surface area contributed by atoms with Crippen molar-refractivity contribution < 1.29 is 8.97 Å².